The first-order valence-electron chi connectivity index (χ1n) is 11.2. The molecule has 2 aliphatic heterocycles. The van der Waals surface area contributed by atoms with E-state index in [9.17, 15) is 24.0 Å². The number of hydrogen-bond donors (Lipinski definition) is 1. The van der Waals surface area contributed by atoms with Crippen molar-refractivity contribution in [3.8, 4) is 5.75 Å². The molecule has 1 saturated heterocycles. The number of nitrogens with zero attached hydrogens (tertiary/aromatic N) is 1. The highest BCUT2D eigenvalue weighted by atomic mass is 35.5. The molecular formula is C24H27ClN2O9S. The van der Waals surface area contributed by atoms with Crippen LogP contribution in [0, 0.1) is 5.41 Å². The molecule has 0 spiro atoms. The Bertz CT molecular complexity index is 1120. The average molecular weight is 555 g/mol. The number of hydrogen-bond acceptors (Lipinski definition) is 10. The Morgan fingerprint density at radius 2 is 1.86 bits per heavy atom. The van der Waals surface area contributed by atoms with E-state index in [1.165, 1.54) is 23.6 Å². The second-order valence-corrected chi connectivity index (χ2v) is 10.6. The van der Waals surface area contributed by atoms with Gasteiger partial charge in [0.15, 0.2) is 12.6 Å². The van der Waals surface area contributed by atoms with Gasteiger partial charge in [-0.25, -0.2) is 4.79 Å². The van der Waals surface area contributed by atoms with Gasteiger partial charge in [-0.05, 0) is 44.4 Å². The Labute approximate surface area is 222 Å². The van der Waals surface area contributed by atoms with Gasteiger partial charge in [0.05, 0.1) is 5.41 Å². The first kappa shape index (κ1) is 28.3. The maximum Gasteiger partial charge on any atom is 0.336 e. The molecule has 200 valence electrons. The minimum Gasteiger partial charge on any atom is -0.484 e. The normalized spacial score (nSPS) is 20.6. The molecule has 3 atom stereocenters. The van der Waals surface area contributed by atoms with E-state index >= 15 is 0 Å². The fourth-order valence-corrected chi connectivity index (χ4v) is 4.75. The fourth-order valence-electron chi connectivity index (χ4n) is 3.36. The van der Waals surface area contributed by atoms with E-state index in [2.05, 4.69) is 5.32 Å². The minimum atomic E-state index is -1.22. The third-order valence-corrected chi connectivity index (χ3v) is 6.67. The van der Waals surface area contributed by atoms with E-state index in [1.54, 1.807) is 50.4 Å². The Hall–Kier alpha value is -3.25. The van der Waals surface area contributed by atoms with Crippen molar-refractivity contribution in [2.75, 3.05) is 20.0 Å². The predicted octanol–water partition coefficient (Wildman–Crippen LogP) is 2.02. The molecule has 2 unspecified atom stereocenters. The maximum absolute atomic E-state index is 13.0. The fraction of sp³-hybridized carbons (Fsp3) is 0.458. The topological polar surface area (TPSA) is 138 Å². The van der Waals surface area contributed by atoms with E-state index in [-0.39, 0.29) is 13.2 Å². The number of rotatable bonds is 9. The lowest BCUT2D eigenvalue weighted by atomic mass is 9.97. The van der Waals surface area contributed by atoms with E-state index < -0.39 is 59.4 Å². The lowest BCUT2D eigenvalue weighted by molar-refractivity contribution is -0.179. The molecule has 0 radical (unpaired) electrons. The van der Waals surface area contributed by atoms with Crippen LogP contribution >= 0.6 is 23.4 Å². The number of β-lactam (4-membered cyclic amide) rings is 1. The van der Waals surface area contributed by atoms with Crippen LogP contribution in [0.15, 0.2) is 35.2 Å². The molecule has 0 bridgehead atoms. The van der Waals surface area contributed by atoms with Crippen molar-refractivity contribution in [1.82, 2.24) is 10.2 Å². The van der Waals surface area contributed by atoms with Gasteiger partial charge < -0.3 is 29.2 Å². The van der Waals surface area contributed by atoms with Crippen molar-refractivity contribution in [2.24, 2.45) is 5.41 Å². The number of carbonyl (C=O) groups excluding carboxylic acids is 5. The highest BCUT2D eigenvalue weighted by Gasteiger charge is 2.56. The van der Waals surface area contributed by atoms with Gasteiger partial charge in [-0.2, -0.15) is 0 Å². The van der Waals surface area contributed by atoms with Crippen molar-refractivity contribution in [1.29, 1.82) is 0 Å². The molecule has 1 fully saturated rings. The number of halogens is 1. The monoisotopic (exact) mass is 554 g/mol. The predicted molar refractivity (Wildman–Crippen MR) is 132 cm³/mol. The maximum atomic E-state index is 13.0. The Kier molecular flexibility index (Phi) is 9.08. The summed E-state index contributed by atoms with van der Waals surface area (Å²) in [5.74, 6) is -2.69. The van der Waals surface area contributed by atoms with Crippen molar-refractivity contribution < 1.29 is 42.9 Å². The van der Waals surface area contributed by atoms with E-state index in [1.807, 2.05) is 0 Å². The third-order valence-electron chi connectivity index (χ3n) is 5.22. The zero-order chi connectivity index (χ0) is 27.3. The summed E-state index contributed by atoms with van der Waals surface area (Å²) in [7, 11) is 0. The van der Waals surface area contributed by atoms with Crippen LogP contribution in [0.25, 0.3) is 0 Å². The van der Waals surface area contributed by atoms with E-state index in [0.717, 1.165) is 0 Å². The van der Waals surface area contributed by atoms with Crippen molar-refractivity contribution in [2.45, 2.75) is 45.2 Å². The third kappa shape index (κ3) is 7.16. The quantitative estimate of drug-likeness (QED) is 0.274. The van der Waals surface area contributed by atoms with Crippen LogP contribution in [0.1, 0.15) is 27.7 Å². The zero-order valence-electron chi connectivity index (χ0n) is 20.6. The summed E-state index contributed by atoms with van der Waals surface area (Å²) in [6, 6.07) is 4.38. The van der Waals surface area contributed by atoms with Gasteiger partial charge in [0.2, 0.25) is 12.7 Å². The summed E-state index contributed by atoms with van der Waals surface area (Å²) in [6.07, 6.45) is 0. The molecule has 2 amide bonds. The van der Waals surface area contributed by atoms with Crippen LogP contribution in [-0.4, -0.2) is 72.1 Å². The minimum absolute atomic E-state index is 0.245. The molecule has 3 rings (SSSR count). The van der Waals surface area contributed by atoms with Crippen LogP contribution in [0.4, 0.5) is 0 Å². The summed E-state index contributed by atoms with van der Waals surface area (Å²) in [5, 5.41) is 4.03. The first-order valence-corrected chi connectivity index (χ1v) is 12.5. The van der Waals surface area contributed by atoms with Crippen molar-refractivity contribution in [3.05, 3.63) is 40.3 Å². The van der Waals surface area contributed by atoms with Crippen LogP contribution < -0.4 is 10.1 Å². The molecular weight excluding hydrogens is 528 g/mol. The summed E-state index contributed by atoms with van der Waals surface area (Å²) >= 11 is 7.08. The molecule has 11 nitrogen and oxygen atoms in total. The van der Waals surface area contributed by atoms with Gasteiger partial charge in [0, 0.05) is 17.5 Å². The smallest absolute Gasteiger partial charge is 0.336 e. The Morgan fingerprint density at radius 1 is 1.14 bits per heavy atom. The summed E-state index contributed by atoms with van der Waals surface area (Å²) in [4.78, 5) is 62.8. The lowest BCUT2D eigenvalue weighted by Gasteiger charge is -2.51. The second kappa shape index (κ2) is 11.9. The zero-order valence-corrected chi connectivity index (χ0v) is 22.2. The highest BCUT2D eigenvalue weighted by Crippen LogP contribution is 2.40. The summed E-state index contributed by atoms with van der Waals surface area (Å²) in [6.45, 7) is 4.91. The van der Waals surface area contributed by atoms with Gasteiger partial charge in [0.1, 0.15) is 23.8 Å². The number of benzene rings is 1. The van der Waals surface area contributed by atoms with Gasteiger partial charge in [-0.15, -0.1) is 11.8 Å². The number of thioether (sulfide) groups is 1. The second-order valence-electron chi connectivity index (χ2n) is 9.20. The summed E-state index contributed by atoms with van der Waals surface area (Å²) in [5.41, 5.74) is -0.486. The average Bonchev–Trinajstić information content (AvgIpc) is 2.83. The van der Waals surface area contributed by atoms with Gasteiger partial charge in [-0.1, -0.05) is 17.7 Å². The number of ether oxygens (including phenoxy) is 4. The molecule has 1 aromatic rings. The number of nitrogens with one attached hydrogen (secondary N) is 1. The van der Waals surface area contributed by atoms with Gasteiger partial charge in [-0.3, -0.25) is 19.2 Å². The number of amides is 2. The van der Waals surface area contributed by atoms with Crippen LogP contribution in [0.5, 0.6) is 5.75 Å². The van der Waals surface area contributed by atoms with Crippen molar-refractivity contribution >= 4 is 53.1 Å². The molecule has 1 N–H and O–H groups in total. The molecule has 0 aliphatic carbocycles. The molecule has 0 saturated carbocycles. The summed E-state index contributed by atoms with van der Waals surface area (Å²) < 4.78 is 20.5. The van der Waals surface area contributed by atoms with E-state index in [0.29, 0.717) is 16.3 Å². The lowest BCUT2D eigenvalue weighted by Crippen LogP contribution is -2.74. The SMILES string of the molecule is CC(=O)OCC1=CS[C@@H]2C(NC(=O)COc3cccc(Cl)c3)C(=O)N2C1C(=O)OCOC(=O)C(C)(C)C. The standard InChI is InChI=1S/C24H27ClN2O9S/c1-13(28)33-9-14-11-37-21-18(26-17(29)10-34-16-7-5-6-15(25)8-16)20(30)27(21)19(14)22(31)35-12-36-23(32)24(2,3)4/h5-8,11,18-19,21H,9-10,12H2,1-4H3,(H,26,29)/t18?,19?,21-/m1/s1. The van der Waals surface area contributed by atoms with Crippen LogP contribution in [-0.2, 0) is 38.2 Å². The highest BCUT2D eigenvalue weighted by molar-refractivity contribution is 8.02. The Balaban J connectivity index is 1.64. The number of carbonyl (C=O) groups is 5. The van der Waals surface area contributed by atoms with Crippen molar-refractivity contribution in [3.63, 3.8) is 0 Å². The van der Waals surface area contributed by atoms with Crippen LogP contribution in [0.3, 0.4) is 0 Å². The molecule has 0 aromatic heterocycles. The largest absolute Gasteiger partial charge is 0.484 e. The van der Waals surface area contributed by atoms with Crippen LogP contribution in [0.2, 0.25) is 5.02 Å². The molecule has 1 aromatic carbocycles. The molecule has 2 heterocycles. The van der Waals surface area contributed by atoms with Gasteiger partial charge >= 0.3 is 17.9 Å². The molecule has 2 aliphatic rings. The Morgan fingerprint density at radius 3 is 2.51 bits per heavy atom. The number of esters is 3. The molecule has 13 heteroatoms. The number of fused-ring (bicyclic) bond motifs is 1. The first-order chi connectivity index (χ1) is 17.4. The molecule has 37 heavy (non-hydrogen) atoms. The van der Waals surface area contributed by atoms with E-state index in [4.69, 9.17) is 30.5 Å². The van der Waals surface area contributed by atoms with Gasteiger partial charge in [0.25, 0.3) is 5.91 Å².